The first kappa shape index (κ1) is 21.1. The highest BCUT2D eigenvalue weighted by atomic mass is 32.1. The van der Waals surface area contributed by atoms with Crippen molar-refractivity contribution < 1.29 is 10.1 Å². The number of carbonyl (C=O) groups is 1. The summed E-state index contributed by atoms with van der Waals surface area (Å²) in [5.41, 5.74) is 1.69. The summed E-state index contributed by atoms with van der Waals surface area (Å²) in [5.74, 6) is -0.0671. The van der Waals surface area contributed by atoms with Gasteiger partial charge in [-0.2, -0.15) is 5.26 Å². The summed E-state index contributed by atoms with van der Waals surface area (Å²) in [6.45, 7) is 8.13. The molecule has 0 unspecified atom stereocenters. The maximum absolute atomic E-state index is 12.5. The van der Waals surface area contributed by atoms with E-state index >= 15 is 0 Å². The molecular formula is C22H30N3OS+. The Hall–Kier alpha value is -2.16. The molecule has 0 radical (unpaired) electrons. The Morgan fingerprint density at radius 2 is 2.00 bits per heavy atom. The quantitative estimate of drug-likeness (QED) is 0.696. The minimum atomic E-state index is -0.842. The molecule has 144 valence electrons. The lowest BCUT2D eigenvalue weighted by Gasteiger charge is -2.27. The van der Waals surface area contributed by atoms with Gasteiger partial charge in [0.05, 0.1) is 10.9 Å². The normalized spacial score (nSPS) is 14.4. The summed E-state index contributed by atoms with van der Waals surface area (Å²) in [5, 5.41) is 16.4. The lowest BCUT2D eigenvalue weighted by Crippen LogP contribution is -2.88. The average molecular weight is 385 g/mol. The molecule has 0 aliphatic carbocycles. The number of rotatable bonds is 9. The van der Waals surface area contributed by atoms with E-state index in [9.17, 15) is 10.1 Å². The molecule has 0 aliphatic rings. The Morgan fingerprint density at radius 3 is 2.52 bits per heavy atom. The van der Waals surface area contributed by atoms with Crippen LogP contribution >= 0.6 is 11.3 Å². The van der Waals surface area contributed by atoms with Crippen LogP contribution in [0.15, 0.2) is 41.8 Å². The van der Waals surface area contributed by atoms with E-state index in [0.717, 1.165) is 12.8 Å². The van der Waals surface area contributed by atoms with E-state index in [4.69, 9.17) is 0 Å². The van der Waals surface area contributed by atoms with Crippen molar-refractivity contribution in [2.24, 2.45) is 5.92 Å². The molecule has 2 aromatic rings. The Bertz CT molecular complexity index is 762. The smallest absolute Gasteiger partial charge is 0.276 e. The average Bonchev–Trinajstić information content (AvgIpc) is 3.17. The predicted octanol–water partition coefficient (Wildman–Crippen LogP) is 3.41. The van der Waals surface area contributed by atoms with Gasteiger partial charge in [0.2, 0.25) is 0 Å². The van der Waals surface area contributed by atoms with Crippen molar-refractivity contribution in [3.63, 3.8) is 0 Å². The molecule has 1 aromatic carbocycles. The molecule has 0 saturated carbocycles. The summed E-state index contributed by atoms with van der Waals surface area (Å²) in [4.78, 5) is 13.7. The zero-order valence-corrected chi connectivity index (χ0v) is 17.5. The molecular weight excluding hydrogens is 354 g/mol. The number of nitrogens with zero attached hydrogens (tertiary/aromatic N) is 1. The van der Waals surface area contributed by atoms with Crippen LogP contribution in [-0.4, -0.2) is 18.0 Å². The van der Waals surface area contributed by atoms with Crippen molar-refractivity contribution in [3.05, 3.63) is 57.8 Å². The van der Waals surface area contributed by atoms with Crippen LogP contribution in [0.1, 0.15) is 56.2 Å². The van der Waals surface area contributed by atoms with Gasteiger partial charge in [-0.15, -0.1) is 11.3 Å². The van der Waals surface area contributed by atoms with Crippen molar-refractivity contribution >= 4 is 17.2 Å². The van der Waals surface area contributed by atoms with Gasteiger partial charge in [-0.05, 0) is 36.3 Å². The number of hydrogen-bond donors (Lipinski definition) is 2. The van der Waals surface area contributed by atoms with Crippen molar-refractivity contribution in [2.75, 3.05) is 6.54 Å². The molecule has 3 N–H and O–H groups in total. The van der Waals surface area contributed by atoms with Gasteiger partial charge in [0.1, 0.15) is 11.6 Å². The lowest BCUT2D eigenvalue weighted by molar-refractivity contribution is -0.676. The maximum Gasteiger partial charge on any atom is 0.276 e. The van der Waals surface area contributed by atoms with Crippen molar-refractivity contribution in [1.82, 2.24) is 5.32 Å². The number of nitriles is 1. The van der Waals surface area contributed by atoms with Crippen LogP contribution in [0, 0.1) is 17.2 Å². The maximum atomic E-state index is 12.5. The molecule has 2 rings (SSSR count). The lowest BCUT2D eigenvalue weighted by atomic mass is 9.90. The van der Waals surface area contributed by atoms with Crippen LogP contribution in [0.25, 0.3) is 0 Å². The first-order valence-electron chi connectivity index (χ1n) is 9.57. The van der Waals surface area contributed by atoms with Crippen molar-refractivity contribution in [2.45, 2.75) is 52.1 Å². The number of amides is 1. The molecule has 0 fully saturated rings. The van der Waals surface area contributed by atoms with E-state index in [1.807, 2.05) is 25.2 Å². The van der Waals surface area contributed by atoms with Crippen LogP contribution in [0.3, 0.4) is 0 Å². The van der Waals surface area contributed by atoms with Gasteiger partial charge in [0, 0.05) is 5.56 Å². The molecule has 4 nitrogen and oxygen atoms in total. The highest BCUT2D eigenvalue weighted by Crippen LogP contribution is 2.23. The van der Waals surface area contributed by atoms with Gasteiger partial charge >= 0.3 is 0 Å². The van der Waals surface area contributed by atoms with Crippen LogP contribution in [-0.2, 0) is 11.2 Å². The summed E-state index contributed by atoms with van der Waals surface area (Å²) < 4.78 is 0. The number of quaternary nitrogens is 1. The molecule has 5 heteroatoms. The van der Waals surface area contributed by atoms with E-state index in [-0.39, 0.29) is 24.4 Å². The number of nitrogens with one attached hydrogen (secondary N) is 1. The zero-order chi connectivity index (χ0) is 19.9. The second kappa shape index (κ2) is 9.68. The van der Waals surface area contributed by atoms with E-state index in [0.29, 0.717) is 0 Å². The van der Waals surface area contributed by atoms with E-state index in [1.54, 1.807) is 18.3 Å². The van der Waals surface area contributed by atoms with E-state index < -0.39 is 5.54 Å². The van der Waals surface area contributed by atoms with Crippen LogP contribution in [0.5, 0.6) is 0 Å². The molecule has 0 bridgehead atoms. The number of carbonyl (C=O) groups excluding carboxylic acids is 1. The Kier molecular flexibility index (Phi) is 7.58. The summed E-state index contributed by atoms with van der Waals surface area (Å²) >= 11 is 1.70. The predicted molar refractivity (Wildman–Crippen MR) is 110 cm³/mol. The minimum Gasteiger partial charge on any atom is -0.333 e. The molecule has 27 heavy (non-hydrogen) atoms. The molecule has 1 heterocycles. The molecule has 0 aliphatic heterocycles. The van der Waals surface area contributed by atoms with Gasteiger partial charge in [0.15, 0.2) is 6.54 Å². The topological polar surface area (TPSA) is 69.5 Å². The Morgan fingerprint density at radius 1 is 1.30 bits per heavy atom. The third-order valence-corrected chi connectivity index (χ3v) is 6.01. The summed E-state index contributed by atoms with van der Waals surface area (Å²) in [6, 6.07) is 15.1. The van der Waals surface area contributed by atoms with Crippen LogP contribution < -0.4 is 10.6 Å². The number of aryl methyl sites for hydroxylation is 1. The fourth-order valence-electron chi connectivity index (χ4n) is 2.93. The number of nitrogens with two attached hydrogens (primary N) is 1. The largest absolute Gasteiger partial charge is 0.333 e. The number of thiophene rings is 1. The SMILES string of the molecule is CCCc1ccc([C@@H]([NH2+]CC(=O)N[C@@](C)(C#N)C(C)C)c2cccs2)cc1. The highest BCUT2D eigenvalue weighted by Gasteiger charge is 2.31. The fourth-order valence-corrected chi connectivity index (χ4v) is 3.78. The van der Waals surface area contributed by atoms with Gasteiger partial charge < -0.3 is 10.6 Å². The third kappa shape index (κ3) is 5.66. The van der Waals surface area contributed by atoms with Gasteiger partial charge in [-0.25, -0.2) is 0 Å². The van der Waals surface area contributed by atoms with Crippen molar-refractivity contribution in [1.29, 1.82) is 5.26 Å². The number of benzene rings is 1. The fraction of sp³-hybridized carbons (Fsp3) is 0.455. The number of hydrogen-bond acceptors (Lipinski definition) is 3. The minimum absolute atomic E-state index is 0.0469. The highest BCUT2D eigenvalue weighted by molar-refractivity contribution is 7.10. The molecule has 2 atom stereocenters. The monoisotopic (exact) mass is 384 g/mol. The second-order valence-corrected chi connectivity index (χ2v) is 8.42. The molecule has 0 saturated heterocycles. The molecule has 1 amide bonds. The van der Waals surface area contributed by atoms with E-state index in [1.165, 1.54) is 16.0 Å². The third-order valence-electron chi connectivity index (χ3n) is 5.05. The van der Waals surface area contributed by atoms with Gasteiger partial charge in [-0.3, -0.25) is 4.79 Å². The van der Waals surface area contributed by atoms with Crippen molar-refractivity contribution in [3.8, 4) is 6.07 Å². The van der Waals surface area contributed by atoms with E-state index in [2.05, 4.69) is 54.0 Å². The Balaban J connectivity index is 2.10. The van der Waals surface area contributed by atoms with Gasteiger partial charge in [0.25, 0.3) is 5.91 Å². The first-order valence-corrected chi connectivity index (χ1v) is 10.5. The standard InChI is InChI=1S/C22H29N3OS/c1-5-7-17-9-11-18(12-10-17)21(19-8-6-13-27-19)24-14-20(26)25-22(4,15-23)16(2)3/h6,8-13,16,21,24H,5,7,14H2,1-4H3,(H,25,26)/p+1/t21-,22+/m1/s1. The van der Waals surface area contributed by atoms with Gasteiger partial charge in [-0.1, -0.05) is 57.5 Å². The van der Waals surface area contributed by atoms with Crippen LogP contribution in [0.4, 0.5) is 0 Å². The zero-order valence-electron chi connectivity index (χ0n) is 16.7. The molecule has 1 aromatic heterocycles. The molecule has 0 spiro atoms. The first-order chi connectivity index (χ1) is 12.9. The van der Waals surface area contributed by atoms with Crippen LogP contribution in [0.2, 0.25) is 0 Å². The second-order valence-electron chi connectivity index (χ2n) is 7.44. The summed E-state index contributed by atoms with van der Waals surface area (Å²) in [7, 11) is 0. The Labute approximate surface area is 166 Å². The summed E-state index contributed by atoms with van der Waals surface area (Å²) in [6.07, 6.45) is 2.21.